The Morgan fingerprint density at radius 1 is 0.468 bits per heavy atom. The van der Waals surface area contributed by atoms with Crippen molar-refractivity contribution in [3.8, 4) is 39.4 Å². The van der Waals surface area contributed by atoms with Crippen LogP contribution in [0.3, 0.4) is 0 Å². The minimum Gasteiger partial charge on any atom is -0.458 e. The van der Waals surface area contributed by atoms with Crippen molar-refractivity contribution in [2.24, 2.45) is 0 Å². The molecule has 3 heteroatoms. The van der Waals surface area contributed by atoms with Crippen LogP contribution < -0.4 is 21.1 Å². The summed E-state index contributed by atoms with van der Waals surface area (Å²) in [7, 11) is 0. The smallest absolute Gasteiger partial charge is 0.256 e. The van der Waals surface area contributed by atoms with E-state index in [1.165, 1.54) is 82.1 Å². The minimum absolute atomic E-state index is 0.0748. The summed E-state index contributed by atoms with van der Waals surface area (Å²) < 4.78 is 9.46. The van der Waals surface area contributed by atoms with E-state index in [2.05, 4.69) is 162 Å². The molecule has 8 aromatic carbocycles. The molecule has 0 fully saturated rings. The van der Waals surface area contributed by atoms with Crippen LogP contribution in [-0.2, 0) is 0 Å². The first-order valence-corrected chi connectivity index (χ1v) is 16.3. The van der Waals surface area contributed by atoms with Gasteiger partial charge in [-0.1, -0.05) is 115 Å². The van der Waals surface area contributed by atoms with Crippen LogP contribution in [0.1, 0.15) is 0 Å². The Bertz CT molecular complexity index is 2790. The fourth-order valence-corrected chi connectivity index (χ4v) is 8.27. The van der Waals surface area contributed by atoms with Crippen LogP contribution in [0.2, 0.25) is 0 Å². The third-order valence-electron chi connectivity index (χ3n) is 10.4. The summed E-state index contributed by atoms with van der Waals surface area (Å²) in [6, 6.07) is 57.7. The van der Waals surface area contributed by atoms with E-state index in [4.69, 9.17) is 4.74 Å². The van der Waals surface area contributed by atoms with Gasteiger partial charge in [-0.25, -0.2) is 0 Å². The zero-order valence-electron chi connectivity index (χ0n) is 25.4. The molecule has 0 saturated carbocycles. The highest BCUT2D eigenvalue weighted by atomic mass is 16.5. The van der Waals surface area contributed by atoms with Crippen molar-refractivity contribution in [2.45, 2.75) is 0 Å². The lowest BCUT2D eigenvalue weighted by atomic mass is 9.34. The number of para-hydroxylation sites is 2. The minimum atomic E-state index is 0.0748. The number of rotatable bonds is 2. The molecule has 0 N–H and O–H groups in total. The lowest BCUT2D eigenvalue weighted by Crippen LogP contribution is -2.58. The van der Waals surface area contributed by atoms with E-state index in [1.807, 2.05) is 0 Å². The number of hydrogen-bond donors (Lipinski definition) is 0. The van der Waals surface area contributed by atoms with Gasteiger partial charge in [0, 0.05) is 22.0 Å². The normalized spacial score (nSPS) is 12.8. The molecule has 0 aliphatic carbocycles. The largest absolute Gasteiger partial charge is 0.458 e. The number of benzene rings is 8. The molecule has 2 nitrogen and oxygen atoms in total. The van der Waals surface area contributed by atoms with Gasteiger partial charge in [-0.15, -0.1) is 0 Å². The maximum absolute atomic E-state index is 6.97. The Balaban J connectivity index is 1.27. The fourth-order valence-electron chi connectivity index (χ4n) is 8.27. The number of nitrogens with zero attached hydrogens (tertiary/aromatic N) is 1. The van der Waals surface area contributed by atoms with Gasteiger partial charge in [0.25, 0.3) is 6.71 Å². The highest BCUT2D eigenvalue weighted by molar-refractivity contribution is 6.99. The summed E-state index contributed by atoms with van der Waals surface area (Å²) in [5.41, 5.74) is 12.2. The Hall–Kier alpha value is -6.06. The number of hydrogen-bond acceptors (Lipinski definition) is 1. The molecule has 0 radical (unpaired) electrons. The molecule has 3 heterocycles. The SMILES string of the molecule is c1ccc2c(c1)Oc1c(-c3ccc4ccccc4c3)cc3c4cc(-c5ccc6ccccc6c5)ccc4n4c3c1B2c1ccccc1-4. The van der Waals surface area contributed by atoms with Gasteiger partial charge in [-0.05, 0) is 97.1 Å². The quantitative estimate of drug-likeness (QED) is 0.182. The molecule has 0 spiro atoms. The van der Waals surface area contributed by atoms with Crippen LogP contribution in [-0.4, -0.2) is 11.3 Å². The fraction of sp³-hybridized carbons (Fsp3) is 0. The molecule has 47 heavy (non-hydrogen) atoms. The zero-order valence-corrected chi connectivity index (χ0v) is 25.4. The summed E-state index contributed by atoms with van der Waals surface area (Å²) in [5.74, 6) is 1.90. The van der Waals surface area contributed by atoms with Crippen LogP contribution in [0.25, 0.3) is 71.3 Å². The lowest BCUT2D eigenvalue weighted by Gasteiger charge is -2.34. The molecule has 9 aromatic rings. The third-order valence-corrected chi connectivity index (χ3v) is 10.4. The van der Waals surface area contributed by atoms with Gasteiger partial charge in [-0.3, -0.25) is 0 Å². The first-order valence-electron chi connectivity index (χ1n) is 16.3. The molecule has 0 atom stereocenters. The predicted octanol–water partition coefficient (Wildman–Crippen LogP) is 9.36. The highest BCUT2D eigenvalue weighted by Gasteiger charge is 2.41. The van der Waals surface area contributed by atoms with E-state index in [9.17, 15) is 0 Å². The predicted molar refractivity (Wildman–Crippen MR) is 198 cm³/mol. The second kappa shape index (κ2) is 9.25. The summed E-state index contributed by atoms with van der Waals surface area (Å²) in [6.07, 6.45) is 0. The maximum atomic E-state index is 6.97. The van der Waals surface area contributed by atoms with E-state index in [0.717, 1.165) is 17.1 Å². The number of ether oxygens (including phenoxy) is 1. The van der Waals surface area contributed by atoms with E-state index in [-0.39, 0.29) is 6.71 Å². The van der Waals surface area contributed by atoms with Gasteiger partial charge < -0.3 is 9.30 Å². The van der Waals surface area contributed by atoms with Crippen LogP contribution in [0.5, 0.6) is 11.5 Å². The van der Waals surface area contributed by atoms with Gasteiger partial charge in [0.1, 0.15) is 11.5 Å². The summed E-state index contributed by atoms with van der Waals surface area (Å²) >= 11 is 0. The standard InChI is InChI=1S/C44H26BNO/c1-3-11-29-23-31(19-17-27(29)9-1)32-21-22-39-35(25-32)36-26-34(33-20-18-28-10-2-4-12-30(28)24-33)44-42-43(36)46(39)40-15-7-5-13-37(40)45(42)38-14-6-8-16-41(38)47-44/h1-26H. The number of aromatic nitrogens is 1. The highest BCUT2D eigenvalue weighted by Crippen LogP contribution is 2.44. The van der Waals surface area contributed by atoms with E-state index < -0.39 is 0 Å². The second-order valence-corrected chi connectivity index (χ2v) is 12.9. The zero-order chi connectivity index (χ0) is 30.6. The lowest BCUT2D eigenvalue weighted by molar-refractivity contribution is 0.489. The summed E-state index contributed by atoms with van der Waals surface area (Å²) in [6.45, 7) is 0.0748. The molecule has 1 aromatic heterocycles. The Kier molecular flexibility index (Phi) is 4.95. The van der Waals surface area contributed by atoms with E-state index >= 15 is 0 Å². The van der Waals surface area contributed by atoms with Crippen molar-refractivity contribution in [2.75, 3.05) is 0 Å². The van der Waals surface area contributed by atoms with Crippen molar-refractivity contribution >= 4 is 66.5 Å². The molecule has 0 amide bonds. The Labute approximate surface area is 272 Å². The molecule has 11 rings (SSSR count). The van der Waals surface area contributed by atoms with Crippen LogP contribution in [0.15, 0.2) is 158 Å². The molecule has 216 valence electrons. The van der Waals surface area contributed by atoms with Gasteiger partial charge in [0.2, 0.25) is 0 Å². The second-order valence-electron chi connectivity index (χ2n) is 12.9. The molecule has 0 bridgehead atoms. The van der Waals surface area contributed by atoms with E-state index in [0.29, 0.717) is 0 Å². The number of fused-ring (bicyclic) bond motifs is 10. The van der Waals surface area contributed by atoms with Crippen molar-refractivity contribution in [1.82, 2.24) is 4.57 Å². The van der Waals surface area contributed by atoms with Crippen LogP contribution in [0.4, 0.5) is 0 Å². The van der Waals surface area contributed by atoms with Gasteiger partial charge in [0.15, 0.2) is 0 Å². The average molecular weight is 596 g/mol. The monoisotopic (exact) mass is 595 g/mol. The Morgan fingerprint density at radius 2 is 1.09 bits per heavy atom. The molecular formula is C44H26BNO. The van der Waals surface area contributed by atoms with Crippen molar-refractivity contribution < 1.29 is 4.74 Å². The molecule has 2 aliphatic rings. The third kappa shape index (κ3) is 3.46. The summed E-state index contributed by atoms with van der Waals surface area (Å²) in [5, 5.41) is 7.49. The van der Waals surface area contributed by atoms with E-state index in [1.54, 1.807) is 0 Å². The van der Waals surface area contributed by atoms with Gasteiger partial charge in [0.05, 0.1) is 11.0 Å². The molecule has 0 saturated heterocycles. The van der Waals surface area contributed by atoms with Crippen molar-refractivity contribution in [3.63, 3.8) is 0 Å². The first-order chi connectivity index (χ1) is 23.3. The van der Waals surface area contributed by atoms with Crippen molar-refractivity contribution in [3.05, 3.63) is 158 Å². The van der Waals surface area contributed by atoms with Crippen molar-refractivity contribution in [1.29, 1.82) is 0 Å². The van der Waals surface area contributed by atoms with Crippen LogP contribution >= 0.6 is 0 Å². The van der Waals surface area contributed by atoms with Gasteiger partial charge in [-0.2, -0.15) is 0 Å². The topological polar surface area (TPSA) is 14.2 Å². The summed E-state index contributed by atoms with van der Waals surface area (Å²) in [4.78, 5) is 0. The Morgan fingerprint density at radius 3 is 1.89 bits per heavy atom. The maximum Gasteiger partial charge on any atom is 0.256 e. The van der Waals surface area contributed by atoms with Crippen LogP contribution in [0, 0.1) is 0 Å². The molecule has 0 unspecified atom stereocenters. The average Bonchev–Trinajstić information content (AvgIpc) is 3.47. The molecule has 2 aliphatic heterocycles. The van der Waals surface area contributed by atoms with Gasteiger partial charge >= 0.3 is 0 Å². The first kappa shape index (κ1) is 25.2. The molecular weight excluding hydrogens is 569 g/mol.